The molecule has 7 nitrogen and oxygen atoms in total. The van der Waals surface area contributed by atoms with Crippen LogP contribution in [0, 0.1) is 0 Å². The third kappa shape index (κ3) is 6.38. The highest BCUT2D eigenvalue weighted by atomic mass is 79.9. The third-order valence-corrected chi connectivity index (χ3v) is 5.25. The second-order valence-electron chi connectivity index (χ2n) is 6.18. The van der Waals surface area contributed by atoms with Crippen LogP contribution in [0.1, 0.15) is 15.9 Å². The summed E-state index contributed by atoms with van der Waals surface area (Å²) in [7, 11) is 0. The van der Waals surface area contributed by atoms with E-state index < -0.39 is 0 Å². The molecule has 29 heavy (non-hydrogen) atoms. The number of hydrazone groups is 1. The molecule has 1 N–H and O–H groups in total. The van der Waals surface area contributed by atoms with Crippen LogP contribution in [0.15, 0.2) is 56.5 Å². The lowest BCUT2D eigenvalue weighted by Gasteiger charge is -2.26. The van der Waals surface area contributed by atoms with Gasteiger partial charge in [-0.15, -0.1) is 0 Å². The van der Waals surface area contributed by atoms with Gasteiger partial charge in [0.2, 0.25) is 0 Å². The first-order valence-electron chi connectivity index (χ1n) is 8.90. The average molecular weight is 525 g/mol. The van der Waals surface area contributed by atoms with Crippen molar-refractivity contribution in [1.29, 1.82) is 0 Å². The second kappa shape index (κ2) is 10.5. The lowest BCUT2D eigenvalue weighted by atomic mass is 10.2. The number of hydrogen-bond acceptors (Lipinski definition) is 5. The van der Waals surface area contributed by atoms with Crippen molar-refractivity contribution in [3.05, 3.63) is 62.5 Å². The number of nitrogens with zero attached hydrogens (tertiary/aromatic N) is 2. The summed E-state index contributed by atoms with van der Waals surface area (Å²) in [5, 5.41) is 3.98. The normalized spacial score (nSPS) is 14.1. The lowest BCUT2D eigenvalue weighted by molar-refractivity contribution is -0.137. The van der Waals surface area contributed by atoms with Crippen molar-refractivity contribution in [2.45, 2.75) is 0 Å². The van der Waals surface area contributed by atoms with Crippen LogP contribution in [0.5, 0.6) is 5.75 Å². The maximum absolute atomic E-state index is 12.2. The van der Waals surface area contributed by atoms with Crippen LogP contribution in [-0.2, 0) is 9.53 Å². The largest absolute Gasteiger partial charge is 0.483 e. The molecule has 0 saturated carbocycles. The van der Waals surface area contributed by atoms with E-state index in [4.69, 9.17) is 9.47 Å². The van der Waals surface area contributed by atoms with Gasteiger partial charge in [0.1, 0.15) is 5.75 Å². The predicted octanol–water partition coefficient (Wildman–Crippen LogP) is 3.21. The Hall–Kier alpha value is -2.23. The fourth-order valence-electron chi connectivity index (χ4n) is 2.62. The summed E-state index contributed by atoms with van der Waals surface area (Å²) in [5.74, 6) is 0.186. The lowest BCUT2D eigenvalue weighted by Crippen LogP contribution is -2.43. The minimum atomic E-state index is -0.303. The zero-order chi connectivity index (χ0) is 20.6. The van der Waals surface area contributed by atoms with E-state index in [1.165, 1.54) is 6.21 Å². The number of amides is 2. The van der Waals surface area contributed by atoms with Crippen molar-refractivity contribution >= 4 is 49.9 Å². The molecule has 2 aromatic carbocycles. The Labute approximate surface area is 185 Å². The van der Waals surface area contributed by atoms with Gasteiger partial charge in [0.05, 0.1) is 23.9 Å². The van der Waals surface area contributed by atoms with E-state index in [1.807, 2.05) is 6.07 Å². The predicted molar refractivity (Wildman–Crippen MR) is 116 cm³/mol. The van der Waals surface area contributed by atoms with Gasteiger partial charge in [0, 0.05) is 23.1 Å². The van der Waals surface area contributed by atoms with Gasteiger partial charge in [-0.1, -0.05) is 22.0 Å². The van der Waals surface area contributed by atoms with Gasteiger partial charge in [-0.25, -0.2) is 5.43 Å². The third-order valence-electron chi connectivity index (χ3n) is 4.14. The van der Waals surface area contributed by atoms with Crippen molar-refractivity contribution in [2.75, 3.05) is 32.9 Å². The number of morpholine rings is 1. The maximum Gasteiger partial charge on any atom is 0.271 e. The maximum atomic E-state index is 12.2. The highest BCUT2D eigenvalue weighted by Gasteiger charge is 2.17. The highest BCUT2D eigenvalue weighted by molar-refractivity contribution is 9.10. The van der Waals surface area contributed by atoms with Crippen LogP contribution in [0.4, 0.5) is 0 Å². The van der Waals surface area contributed by atoms with Crippen LogP contribution < -0.4 is 10.2 Å². The van der Waals surface area contributed by atoms with E-state index in [-0.39, 0.29) is 18.4 Å². The summed E-state index contributed by atoms with van der Waals surface area (Å²) in [6.45, 7) is 2.26. The van der Waals surface area contributed by atoms with Gasteiger partial charge >= 0.3 is 0 Å². The molecule has 0 radical (unpaired) electrons. The fraction of sp³-hybridized carbons (Fsp3) is 0.250. The molecule has 0 aliphatic carbocycles. The molecule has 152 valence electrons. The van der Waals surface area contributed by atoms with E-state index in [2.05, 4.69) is 42.4 Å². The first-order valence-corrected chi connectivity index (χ1v) is 10.5. The molecule has 1 fully saturated rings. The molecule has 3 rings (SSSR count). The molecule has 0 spiro atoms. The Bertz CT molecular complexity index is 914. The molecule has 1 saturated heterocycles. The summed E-state index contributed by atoms with van der Waals surface area (Å²) >= 11 is 6.76. The molecule has 0 bridgehead atoms. The van der Waals surface area contributed by atoms with Crippen molar-refractivity contribution in [1.82, 2.24) is 10.3 Å². The summed E-state index contributed by atoms with van der Waals surface area (Å²) in [4.78, 5) is 26.0. The molecule has 1 aliphatic heterocycles. The topological polar surface area (TPSA) is 80.2 Å². The number of carbonyl (C=O) groups is 2. The minimum Gasteiger partial charge on any atom is -0.483 e. The van der Waals surface area contributed by atoms with Gasteiger partial charge in [-0.3, -0.25) is 9.59 Å². The molecule has 2 amide bonds. The standard InChI is InChI=1S/C20H19Br2N3O4/c21-16-3-1-2-15(11-16)20(27)24-23-12-14-4-5-18(17(22)10-14)29-13-19(26)25-6-8-28-9-7-25/h1-5,10-12H,6-9,13H2,(H,24,27)/b23-12-. The highest BCUT2D eigenvalue weighted by Crippen LogP contribution is 2.25. The SMILES string of the molecule is O=C(N/N=C\c1ccc(OCC(=O)N2CCOCC2)c(Br)c1)c1cccc(Br)c1. The number of nitrogens with one attached hydrogen (secondary N) is 1. The fourth-order valence-corrected chi connectivity index (χ4v) is 3.53. The van der Waals surface area contributed by atoms with Gasteiger partial charge in [0.25, 0.3) is 11.8 Å². The molecule has 2 aromatic rings. The van der Waals surface area contributed by atoms with E-state index in [0.717, 1.165) is 10.0 Å². The Morgan fingerprint density at radius 1 is 1.17 bits per heavy atom. The second-order valence-corrected chi connectivity index (χ2v) is 7.95. The Morgan fingerprint density at radius 2 is 1.97 bits per heavy atom. The minimum absolute atomic E-state index is 0.0330. The van der Waals surface area contributed by atoms with Crippen LogP contribution >= 0.6 is 31.9 Å². The number of carbonyl (C=O) groups excluding carboxylic acids is 2. The number of benzene rings is 2. The Morgan fingerprint density at radius 3 is 2.69 bits per heavy atom. The zero-order valence-corrected chi connectivity index (χ0v) is 18.6. The Balaban J connectivity index is 1.52. The molecule has 0 unspecified atom stereocenters. The van der Waals surface area contributed by atoms with E-state index in [1.54, 1.807) is 41.3 Å². The monoisotopic (exact) mass is 523 g/mol. The smallest absolute Gasteiger partial charge is 0.271 e. The molecular weight excluding hydrogens is 506 g/mol. The van der Waals surface area contributed by atoms with Gasteiger partial charge in [-0.05, 0) is 57.9 Å². The molecule has 0 aromatic heterocycles. The number of halogens is 2. The molecule has 1 aliphatic rings. The molecule has 1 heterocycles. The van der Waals surface area contributed by atoms with Crippen molar-refractivity contribution in [3.63, 3.8) is 0 Å². The summed E-state index contributed by atoms with van der Waals surface area (Å²) in [5.41, 5.74) is 3.76. The van der Waals surface area contributed by atoms with Crippen molar-refractivity contribution in [2.24, 2.45) is 5.10 Å². The quantitative estimate of drug-likeness (QED) is 0.465. The van der Waals surface area contributed by atoms with Gasteiger partial charge < -0.3 is 14.4 Å². The van der Waals surface area contributed by atoms with Crippen LogP contribution in [-0.4, -0.2) is 55.8 Å². The number of rotatable bonds is 6. The summed E-state index contributed by atoms with van der Waals surface area (Å²) in [6.07, 6.45) is 1.53. The molecular formula is C20H19Br2N3O4. The Kier molecular flexibility index (Phi) is 7.79. The van der Waals surface area contributed by atoms with E-state index in [9.17, 15) is 9.59 Å². The van der Waals surface area contributed by atoms with E-state index in [0.29, 0.717) is 42.1 Å². The van der Waals surface area contributed by atoms with Gasteiger partial charge in [-0.2, -0.15) is 5.10 Å². The van der Waals surface area contributed by atoms with Crippen LogP contribution in [0.3, 0.4) is 0 Å². The van der Waals surface area contributed by atoms with Crippen LogP contribution in [0.25, 0.3) is 0 Å². The molecule has 0 atom stereocenters. The van der Waals surface area contributed by atoms with E-state index >= 15 is 0 Å². The summed E-state index contributed by atoms with van der Waals surface area (Å²) < 4.78 is 12.4. The first-order chi connectivity index (χ1) is 14.0. The van der Waals surface area contributed by atoms with Gasteiger partial charge in [0.15, 0.2) is 6.61 Å². The van der Waals surface area contributed by atoms with Crippen LogP contribution in [0.2, 0.25) is 0 Å². The van der Waals surface area contributed by atoms with Crippen molar-refractivity contribution < 1.29 is 19.1 Å². The first kappa shape index (κ1) is 21.5. The average Bonchev–Trinajstić information content (AvgIpc) is 2.73. The summed E-state index contributed by atoms with van der Waals surface area (Å²) in [6, 6.07) is 12.4. The van der Waals surface area contributed by atoms with Crippen molar-refractivity contribution in [3.8, 4) is 5.75 Å². The number of ether oxygens (including phenoxy) is 2. The number of hydrogen-bond donors (Lipinski definition) is 1. The zero-order valence-electron chi connectivity index (χ0n) is 15.4. The molecule has 9 heteroatoms.